The highest BCUT2D eigenvalue weighted by Crippen LogP contribution is 2.34. The summed E-state index contributed by atoms with van der Waals surface area (Å²) in [4.78, 5) is 11.2. The summed E-state index contributed by atoms with van der Waals surface area (Å²) in [5.41, 5.74) is 0.0885. The van der Waals surface area contributed by atoms with Crippen LogP contribution in [0.2, 0.25) is 0 Å². The molecule has 1 aliphatic rings. The molecule has 1 aliphatic carbocycles. The molecule has 1 aromatic carbocycles. The largest absolute Gasteiger partial charge is 0.479 e. The van der Waals surface area contributed by atoms with E-state index in [0.29, 0.717) is 19.4 Å². The number of ether oxygens (including phenoxy) is 1. The highest BCUT2D eigenvalue weighted by atomic mass is 16.5. The van der Waals surface area contributed by atoms with Gasteiger partial charge in [-0.1, -0.05) is 30.3 Å². The first-order chi connectivity index (χ1) is 7.73. The van der Waals surface area contributed by atoms with Crippen LogP contribution in [0.5, 0.6) is 0 Å². The van der Waals surface area contributed by atoms with Gasteiger partial charge in [-0.25, -0.2) is 4.79 Å². The highest BCUT2D eigenvalue weighted by Gasteiger charge is 2.42. The molecule has 16 heavy (non-hydrogen) atoms. The maximum absolute atomic E-state index is 11.2. The Morgan fingerprint density at radius 1 is 1.25 bits per heavy atom. The van der Waals surface area contributed by atoms with Crippen LogP contribution in [-0.4, -0.2) is 16.7 Å². The zero-order valence-electron chi connectivity index (χ0n) is 9.19. The lowest BCUT2D eigenvalue weighted by Crippen LogP contribution is -2.38. The lowest BCUT2D eigenvalue weighted by molar-refractivity contribution is -0.167. The van der Waals surface area contributed by atoms with Crippen LogP contribution in [0, 0.1) is 0 Å². The van der Waals surface area contributed by atoms with Gasteiger partial charge in [0.05, 0.1) is 6.61 Å². The Morgan fingerprint density at radius 3 is 2.44 bits per heavy atom. The van der Waals surface area contributed by atoms with Crippen LogP contribution in [-0.2, 0) is 16.1 Å². The van der Waals surface area contributed by atoms with Gasteiger partial charge in [0.1, 0.15) is 0 Å². The Morgan fingerprint density at radius 2 is 1.88 bits per heavy atom. The van der Waals surface area contributed by atoms with Crippen molar-refractivity contribution in [1.82, 2.24) is 0 Å². The molecule has 0 unspecified atom stereocenters. The van der Waals surface area contributed by atoms with E-state index in [9.17, 15) is 9.90 Å². The second-order valence-electron chi connectivity index (χ2n) is 4.28. The number of rotatable bonds is 4. The van der Waals surface area contributed by atoms with Crippen molar-refractivity contribution in [1.29, 1.82) is 0 Å². The molecule has 1 saturated carbocycles. The predicted octanol–water partition coefficient (Wildman–Crippen LogP) is 2.60. The SMILES string of the molecule is O=C(O)C1(OCc2ccccc2)CCCC1. The highest BCUT2D eigenvalue weighted by molar-refractivity contribution is 5.77. The lowest BCUT2D eigenvalue weighted by Gasteiger charge is -2.24. The summed E-state index contributed by atoms with van der Waals surface area (Å²) in [7, 11) is 0. The van der Waals surface area contributed by atoms with Crippen LogP contribution in [0.15, 0.2) is 30.3 Å². The van der Waals surface area contributed by atoms with E-state index < -0.39 is 11.6 Å². The molecule has 0 bridgehead atoms. The Kier molecular flexibility index (Phi) is 3.25. The van der Waals surface area contributed by atoms with Crippen molar-refractivity contribution in [3.63, 3.8) is 0 Å². The Hall–Kier alpha value is -1.35. The number of benzene rings is 1. The molecule has 0 spiro atoms. The summed E-state index contributed by atoms with van der Waals surface area (Å²) in [5, 5.41) is 9.22. The van der Waals surface area contributed by atoms with E-state index in [2.05, 4.69) is 0 Å². The number of hydrogen-bond donors (Lipinski definition) is 1. The van der Waals surface area contributed by atoms with Crippen LogP contribution in [0.1, 0.15) is 31.2 Å². The van der Waals surface area contributed by atoms with Crippen molar-refractivity contribution in [3.8, 4) is 0 Å². The molecule has 1 aromatic rings. The second kappa shape index (κ2) is 4.66. The first-order valence-electron chi connectivity index (χ1n) is 5.64. The van der Waals surface area contributed by atoms with Crippen molar-refractivity contribution in [2.45, 2.75) is 37.9 Å². The molecule has 0 saturated heterocycles. The smallest absolute Gasteiger partial charge is 0.335 e. The molecule has 0 aliphatic heterocycles. The van der Waals surface area contributed by atoms with Gasteiger partial charge in [0.15, 0.2) is 5.60 Å². The summed E-state index contributed by atoms with van der Waals surface area (Å²) in [6.07, 6.45) is 3.16. The molecule has 0 heterocycles. The predicted molar refractivity (Wildman–Crippen MR) is 60.1 cm³/mol. The van der Waals surface area contributed by atoms with Crippen molar-refractivity contribution in [3.05, 3.63) is 35.9 Å². The van der Waals surface area contributed by atoms with E-state index in [4.69, 9.17) is 4.74 Å². The maximum atomic E-state index is 11.2. The molecule has 0 aromatic heterocycles. The Balaban J connectivity index is 2.00. The maximum Gasteiger partial charge on any atom is 0.335 e. The standard InChI is InChI=1S/C13H16O3/c14-12(15)13(8-4-5-9-13)16-10-11-6-2-1-3-7-11/h1-3,6-7H,4-5,8-10H2,(H,14,15). The van der Waals surface area contributed by atoms with E-state index >= 15 is 0 Å². The van der Waals surface area contributed by atoms with Gasteiger partial charge in [0.25, 0.3) is 0 Å². The van der Waals surface area contributed by atoms with E-state index in [1.807, 2.05) is 30.3 Å². The zero-order valence-corrected chi connectivity index (χ0v) is 9.19. The number of aliphatic carboxylic acids is 1. The van der Waals surface area contributed by atoms with Gasteiger partial charge in [0.2, 0.25) is 0 Å². The van der Waals surface area contributed by atoms with Crippen LogP contribution in [0.4, 0.5) is 0 Å². The number of hydrogen-bond acceptors (Lipinski definition) is 2. The first-order valence-corrected chi connectivity index (χ1v) is 5.64. The Labute approximate surface area is 95.0 Å². The minimum Gasteiger partial charge on any atom is -0.479 e. The van der Waals surface area contributed by atoms with Crippen molar-refractivity contribution in [2.75, 3.05) is 0 Å². The summed E-state index contributed by atoms with van der Waals surface area (Å²) in [6, 6.07) is 9.70. The third-order valence-corrected chi connectivity index (χ3v) is 3.16. The monoisotopic (exact) mass is 220 g/mol. The van der Waals surface area contributed by atoms with Crippen molar-refractivity contribution >= 4 is 5.97 Å². The zero-order chi connectivity index (χ0) is 11.4. The molecule has 0 radical (unpaired) electrons. The molecule has 0 atom stereocenters. The van der Waals surface area contributed by atoms with Crippen LogP contribution in [0.3, 0.4) is 0 Å². The van der Waals surface area contributed by atoms with Crippen molar-refractivity contribution in [2.24, 2.45) is 0 Å². The fourth-order valence-corrected chi connectivity index (χ4v) is 2.16. The Bertz CT molecular complexity index is 353. The van der Waals surface area contributed by atoms with Gasteiger partial charge in [-0.05, 0) is 31.2 Å². The fraction of sp³-hybridized carbons (Fsp3) is 0.462. The summed E-state index contributed by atoms with van der Waals surface area (Å²) in [6.45, 7) is 0.382. The van der Waals surface area contributed by atoms with E-state index in [0.717, 1.165) is 18.4 Å². The molecule has 1 fully saturated rings. The average molecular weight is 220 g/mol. The summed E-state index contributed by atoms with van der Waals surface area (Å²) >= 11 is 0. The molecule has 3 heteroatoms. The van der Waals surface area contributed by atoms with Gasteiger partial charge in [0, 0.05) is 0 Å². The quantitative estimate of drug-likeness (QED) is 0.848. The van der Waals surface area contributed by atoms with Gasteiger partial charge >= 0.3 is 5.97 Å². The van der Waals surface area contributed by atoms with E-state index in [-0.39, 0.29) is 0 Å². The average Bonchev–Trinajstić information content (AvgIpc) is 2.78. The third kappa shape index (κ3) is 2.25. The van der Waals surface area contributed by atoms with Gasteiger partial charge in [-0.3, -0.25) is 0 Å². The topological polar surface area (TPSA) is 46.5 Å². The molecule has 1 N–H and O–H groups in total. The molecular formula is C13H16O3. The molecule has 0 amide bonds. The van der Waals surface area contributed by atoms with E-state index in [1.165, 1.54) is 0 Å². The second-order valence-corrected chi connectivity index (χ2v) is 4.28. The van der Waals surface area contributed by atoms with Crippen LogP contribution >= 0.6 is 0 Å². The number of carbonyl (C=O) groups is 1. The molecule has 86 valence electrons. The van der Waals surface area contributed by atoms with Gasteiger partial charge < -0.3 is 9.84 Å². The molecule has 2 rings (SSSR count). The van der Waals surface area contributed by atoms with Crippen molar-refractivity contribution < 1.29 is 14.6 Å². The summed E-state index contributed by atoms with van der Waals surface area (Å²) in [5.74, 6) is -0.819. The minimum atomic E-state index is -0.935. The van der Waals surface area contributed by atoms with Crippen LogP contribution < -0.4 is 0 Å². The third-order valence-electron chi connectivity index (χ3n) is 3.16. The summed E-state index contributed by atoms with van der Waals surface area (Å²) < 4.78 is 5.64. The van der Waals surface area contributed by atoms with Crippen LogP contribution in [0.25, 0.3) is 0 Å². The fourth-order valence-electron chi connectivity index (χ4n) is 2.16. The van der Waals surface area contributed by atoms with Gasteiger partial charge in [-0.2, -0.15) is 0 Å². The lowest BCUT2D eigenvalue weighted by atomic mass is 10.0. The molecular weight excluding hydrogens is 204 g/mol. The molecule has 3 nitrogen and oxygen atoms in total. The van der Waals surface area contributed by atoms with E-state index in [1.54, 1.807) is 0 Å². The van der Waals surface area contributed by atoms with Gasteiger partial charge in [-0.15, -0.1) is 0 Å². The number of carboxylic acids is 1. The number of carboxylic acid groups (broad SMARTS) is 1. The minimum absolute atomic E-state index is 0.382. The normalized spacial score (nSPS) is 18.5. The first kappa shape index (κ1) is 11.1.